The Morgan fingerprint density at radius 3 is 2.30 bits per heavy atom. The van der Waals surface area contributed by atoms with Gasteiger partial charge in [0.25, 0.3) is 0 Å². The van der Waals surface area contributed by atoms with Crippen LogP contribution in [0.15, 0.2) is 66.7 Å². The summed E-state index contributed by atoms with van der Waals surface area (Å²) in [5, 5.41) is 22.6. The minimum Gasteiger partial charge on any atom is -0.406 e. The number of rotatable bonds is 15. The van der Waals surface area contributed by atoms with Gasteiger partial charge in [0.1, 0.15) is 17.4 Å². The Balaban J connectivity index is 1.50. The fraction of sp³-hybridized carbons (Fsp3) is 0.444. The number of nitrogens with zero attached hydrogens (tertiary/aromatic N) is 3. The van der Waals surface area contributed by atoms with Crippen LogP contribution < -0.4 is 15.0 Å². The zero-order valence-corrected chi connectivity index (χ0v) is 26.7. The third kappa shape index (κ3) is 9.33. The molecule has 252 valence electrons. The number of alkyl halides is 3. The summed E-state index contributed by atoms with van der Waals surface area (Å²) >= 11 is 0. The minimum absolute atomic E-state index is 0.0488. The average Bonchev–Trinajstić information content (AvgIpc) is 3.41. The third-order valence-corrected chi connectivity index (χ3v) is 8.77. The SMILES string of the molecule is CC(=O)CC(NCC1CCCCC1)c1ccc2c(c1)nc(-c1ccc(N(CCO)CCO)cc1)n2Cc1ccc(OC(F)(F)F)cc1. The summed E-state index contributed by atoms with van der Waals surface area (Å²) in [7, 11) is 0. The van der Waals surface area contributed by atoms with Crippen molar-refractivity contribution in [2.45, 2.75) is 64.4 Å². The highest BCUT2D eigenvalue weighted by Gasteiger charge is 2.31. The van der Waals surface area contributed by atoms with Gasteiger partial charge in [-0.3, -0.25) is 4.79 Å². The van der Waals surface area contributed by atoms with Gasteiger partial charge in [-0.1, -0.05) is 37.5 Å². The van der Waals surface area contributed by atoms with E-state index >= 15 is 0 Å². The molecule has 1 unspecified atom stereocenters. The van der Waals surface area contributed by atoms with Crippen LogP contribution in [-0.4, -0.2) is 64.8 Å². The fourth-order valence-corrected chi connectivity index (χ4v) is 6.45. The number of hydrogen-bond donors (Lipinski definition) is 3. The van der Waals surface area contributed by atoms with Crippen LogP contribution in [0.2, 0.25) is 0 Å². The molecule has 1 fully saturated rings. The van der Waals surface area contributed by atoms with Crippen molar-refractivity contribution in [1.82, 2.24) is 14.9 Å². The molecule has 0 saturated heterocycles. The Kier molecular flexibility index (Phi) is 11.5. The number of benzene rings is 3. The Morgan fingerprint density at radius 1 is 1.00 bits per heavy atom. The zero-order valence-electron chi connectivity index (χ0n) is 26.7. The number of ketones is 1. The first-order valence-electron chi connectivity index (χ1n) is 16.3. The molecule has 1 saturated carbocycles. The normalized spacial score (nSPS) is 14.8. The smallest absolute Gasteiger partial charge is 0.406 e. The number of aromatic nitrogens is 2. The summed E-state index contributed by atoms with van der Waals surface area (Å²) in [6.07, 6.45) is 1.78. The number of halogens is 3. The van der Waals surface area contributed by atoms with Gasteiger partial charge in [0.15, 0.2) is 0 Å². The maximum atomic E-state index is 12.7. The number of aliphatic hydroxyl groups excluding tert-OH is 2. The molecule has 47 heavy (non-hydrogen) atoms. The molecule has 0 spiro atoms. The highest BCUT2D eigenvalue weighted by molar-refractivity contribution is 5.82. The van der Waals surface area contributed by atoms with Gasteiger partial charge in [-0.15, -0.1) is 13.2 Å². The lowest BCUT2D eigenvalue weighted by Crippen LogP contribution is -2.29. The third-order valence-electron chi connectivity index (χ3n) is 8.77. The van der Waals surface area contributed by atoms with E-state index in [0.29, 0.717) is 37.8 Å². The Labute approximate surface area is 273 Å². The first kappa shape index (κ1) is 34.4. The summed E-state index contributed by atoms with van der Waals surface area (Å²) < 4.78 is 44.3. The predicted octanol–water partition coefficient (Wildman–Crippen LogP) is 6.63. The van der Waals surface area contributed by atoms with E-state index in [2.05, 4.69) is 10.1 Å². The molecule has 11 heteroatoms. The first-order chi connectivity index (χ1) is 22.6. The fourth-order valence-electron chi connectivity index (χ4n) is 6.45. The summed E-state index contributed by atoms with van der Waals surface area (Å²) in [5.74, 6) is 1.10. The number of imidazole rings is 1. The van der Waals surface area contributed by atoms with E-state index < -0.39 is 6.36 Å². The van der Waals surface area contributed by atoms with Crippen molar-refractivity contribution in [1.29, 1.82) is 0 Å². The highest BCUT2D eigenvalue weighted by atomic mass is 19.4. The summed E-state index contributed by atoms with van der Waals surface area (Å²) in [4.78, 5) is 19.2. The van der Waals surface area contributed by atoms with Crippen LogP contribution >= 0.6 is 0 Å². The second-order valence-electron chi connectivity index (χ2n) is 12.3. The molecule has 4 aromatic rings. The molecule has 3 aromatic carbocycles. The standard InChI is InChI=1S/C36H43F3N4O4/c1-25(46)21-32(40-23-26-5-3-2-4-6-26)29-11-16-34-33(22-29)41-35(28-9-12-30(13-10-28)42(17-19-44)18-20-45)43(34)24-27-7-14-31(15-8-27)47-36(37,38)39/h7-16,22,26,32,40,44-45H,2-6,17-21,23-24H2,1H3. The van der Waals surface area contributed by atoms with E-state index in [4.69, 9.17) is 4.98 Å². The van der Waals surface area contributed by atoms with Gasteiger partial charge in [-0.25, -0.2) is 4.98 Å². The maximum Gasteiger partial charge on any atom is 0.573 e. The van der Waals surface area contributed by atoms with Gasteiger partial charge >= 0.3 is 6.36 Å². The van der Waals surface area contributed by atoms with Crippen molar-refractivity contribution >= 4 is 22.5 Å². The lowest BCUT2D eigenvalue weighted by molar-refractivity contribution is -0.274. The number of hydrogen-bond acceptors (Lipinski definition) is 7. The van der Waals surface area contributed by atoms with Crippen LogP contribution in [0.4, 0.5) is 18.9 Å². The molecule has 1 aliphatic rings. The molecule has 1 aromatic heterocycles. The number of aliphatic hydroxyl groups is 2. The number of Topliss-reactive ketones (excluding diaryl/α,β-unsaturated/α-hetero) is 1. The van der Waals surface area contributed by atoms with E-state index in [-0.39, 0.29) is 30.8 Å². The van der Waals surface area contributed by atoms with Crippen LogP contribution in [0.25, 0.3) is 22.4 Å². The monoisotopic (exact) mass is 652 g/mol. The van der Waals surface area contributed by atoms with Crippen molar-refractivity contribution in [2.75, 3.05) is 37.7 Å². The Hall–Kier alpha value is -3.93. The molecule has 1 aliphatic carbocycles. The average molecular weight is 653 g/mol. The predicted molar refractivity (Wildman–Crippen MR) is 176 cm³/mol. The van der Waals surface area contributed by atoms with Crippen molar-refractivity contribution in [3.63, 3.8) is 0 Å². The first-order valence-corrected chi connectivity index (χ1v) is 16.3. The topological polar surface area (TPSA) is 99.9 Å². The van der Waals surface area contributed by atoms with Crippen molar-refractivity contribution in [3.8, 4) is 17.1 Å². The van der Waals surface area contributed by atoms with E-state index in [1.807, 2.05) is 51.9 Å². The van der Waals surface area contributed by atoms with Crippen molar-refractivity contribution in [2.24, 2.45) is 5.92 Å². The largest absolute Gasteiger partial charge is 0.573 e. The van der Waals surface area contributed by atoms with Crippen LogP contribution in [0.3, 0.4) is 0 Å². The number of nitrogens with one attached hydrogen (secondary N) is 1. The summed E-state index contributed by atoms with van der Waals surface area (Å²) in [6.45, 7) is 3.48. The van der Waals surface area contributed by atoms with Crippen molar-refractivity contribution in [3.05, 3.63) is 77.9 Å². The van der Waals surface area contributed by atoms with Gasteiger partial charge < -0.3 is 29.7 Å². The molecule has 3 N–H and O–H groups in total. The molecule has 0 aliphatic heterocycles. The van der Waals surface area contributed by atoms with E-state index in [9.17, 15) is 28.2 Å². The number of carbonyl (C=O) groups excluding carboxylic acids is 1. The van der Waals surface area contributed by atoms with E-state index in [0.717, 1.165) is 40.0 Å². The van der Waals surface area contributed by atoms with Crippen LogP contribution in [-0.2, 0) is 11.3 Å². The molecule has 5 rings (SSSR count). The van der Waals surface area contributed by atoms with Gasteiger partial charge in [0, 0.05) is 43.3 Å². The lowest BCUT2D eigenvalue weighted by Gasteiger charge is -2.25. The Morgan fingerprint density at radius 2 is 1.68 bits per heavy atom. The highest BCUT2D eigenvalue weighted by Crippen LogP contribution is 2.32. The van der Waals surface area contributed by atoms with Gasteiger partial charge in [0.2, 0.25) is 0 Å². The Bertz CT molecular complexity index is 1590. The lowest BCUT2D eigenvalue weighted by atomic mass is 9.89. The quantitative estimate of drug-likeness (QED) is 0.133. The molecule has 8 nitrogen and oxygen atoms in total. The summed E-state index contributed by atoms with van der Waals surface area (Å²) in [6, 6.07) is 19.4. The molecule has 0 radical (unpaired) electrons. The minimum atomic E-state index is -4.77. The molecule has 1 heterocycles. The maximum absolute atomic E-state index is 12.7. The second kappa shape index (κ2) is 15.8. The van der Waals surface area contributed by atoms with Crippen LogP contribution in [0.5, 0.6) is 5.75 Å². The van der Waals surface area contributed by atoms with E-state index in [1.54, 1.807) is 19.1 Å². The van der Waals surface area contributed by atoms with Gasteiger partial charge in [-0.2, -0.15) is 0 Å². The molecule has 0 bridgehead atoms. The van der Waals surface area contributed by atoms with Crippen LogP contribution in [0, 0.1) is 5.92 Å². The number of carbonyl (C=O) groups is 1. The number of ether oxygens (including phenoxy) is 1. The molecule has 1 atom stereocenters. The molecular formula is C36H43F3N4O4. The zero-order chi connectivity index (χ0) is 33.4. The van der Waals surface area contributed by atoms with Crippen LogP contribution in [0.1, 0.15) is 62.6 Å². The van der Waals surface area contributed by atoms with Gasteiger partial charge in [0.05, 0.1) is 24.2 Å². The molecule has 0 amide bonds. The second-order valence-corrected chi connectivity index (χ2v) is 12.3. The number of anilines is 1. The van der Waals surface area contributed by atoms with E-state index in [1.165, 1.54) is 44.2 Å². The van der Waals surface area contributed by atoms with Gasteiger partial charge in [-0.05, 0) is 91.9 Å². The number of fused-ring (bicyclic) bond motifs is 1. The molecular weight excluding hydrogens is 609 g/mol. The summed E-state index contributed by atoms with van der Waals surface area (Å²) in [5.41, 5.74) is 5.01. The van der Waals surface area contributed by atoms with Crippen molar-refractivity contribution < 1.29 is 32.9 Å².